The Morgan fingerprint density at radius 3 is 2.83 bits per heavy atom. The van der Waals surface area contributed by atoms with Crippen LogP contribution in [-0.4, -0.2) is 39.8 Å². The molecule has 158 valence electrons. The number of thiazole rings is 1. The third kappa shape index (κ3) is 3.29. The maximum absolute atomic E-state index is 14.9. The fourth-order valence-corrected chi connectivity index (χ4v) is 7.23. The molecule has 1 aromatic carbocycles. The molecule has 8 heteroatoms. The molecule has 2 aliphatic rings. The van der Waals surface area contributed by atoms with E-state index in [1.165, 1.54) is 36.4 Å². The molecule has 0 saturated carbocycles. The van der Waals surface area contributed by atoms with Crippen LogP contribution in [0.1, 0.15) is 38.2 Å². The van der Waals surface area contributed by atoms with Crippen LogP contribution in [0.25, 0.3) is 10.2 Å². The average molecular weight is 447 g/mol. The molecule has 2 unspecified atom stereocenters. The van der Waals surface area contributed by atoms with Crippen molar-refractivity contribution in [1.29, 1.82) is 0 Å². The van der Waals surface area contributed by atoms with Gasteiger partial charge in [0.05, 0.1) is 33.3 Å². The smallest absolute Gasteiger partial charge is 0.165 e. The lowest BCUT2D eigenvalue weighted by Gasteiger charge is -2.41. The molecule has 30 heavy (non-hydrogen) atoms. The van der Waals surface area contributed by atoms with Gasteiger partial charge in [-0.2, -0.15) is 0 Å². The van der Waals surface area contributed by atoms with E-state index in [2.05, 4.69) is 41.1 Å². The summed E-state index contributed by atoms with van der Waals surface area (Å²) in [6.07, 6.45) is 3.60. The number of nitrogens with one attached hydrogen (secondary N) is 1. The number of hydrogen-bond donors (Lipinski definition) is 1. The summed E-state index contributed by atoms with van der Waals surface area (Å²) in [5.74, 6) is -0.222. The summed E-state index contributed by atoms with van der Waals surface area (Å²) in [4.78, 5) is 11.1. The maximum Gasteiger partial charge on any atom is 0.165 e. The van der Waals surface area contributed by atoms with E-state index in [-0.39, 0.29) is 11.6 Å². The Balaban J connectivity index is 1.50. The highest BCUT2D eigenvalue weighted by molar-refractivity contribution is 8.00. The van der Waals surface area contributed by atoms with Crippen molar-refractivity contribution in [3.8, 4) is 0 Å². The maximum atomic E-state index is 14.9. The van der Waals surface area contributed by atoms with Crippen LogP contribution in [0.5, 0.6) is 0 Å². The van der Waals surface area contributed by atoms with E-state index < -0.39 is 11.6 Å². The first kappa shape index (κ1) is 20.2. The van der Waals surface area contributed by atoms with Crippen LogP contribution in [0.4, 0.5) is 20.2 Å². The van der Waals surface area contributed by atoms with E-state index in [9.17, 15) is 8.78 Å². The first-order valence-corrected chi connectivity index (χ1v) is 12.0. The summed E-state index contributed by atoms with van der Waals surface area (Å²) >= 11 is 3.14. The molecule has 0 amide bonds. The summed E-state index contributed by atoms with van der Waals surface area (Å²) in [6, 6.07) is 3.57. The van der Waals surface area contributed by atoms with Gasteiger partial charge in [0.15, 0.2) is 5.82 Å². The first-order valence-electron chi connectivity index (χ1n) is 10.3. The van der Waals surface area contributed by atoms with Crippen molar-refractivity contribution in [3.05, 3.63) is 41.0 Å². The number of thioether (sulfide) groups is 1. The van der Waals surface area contributed by atoms with E-state index >= 15 is 0 Å². The summed E-state index contributed by atoms with van der Waals surface area (Å²) in [5.41, 5.74) is 3.84. The Morgan fingerprint density at radius 1 is 1.17 bits per heavy atom. The van der Waals surface area contributed by atoms with E-state index in [4.69, 9.17) is 0 Å². The molecule has 0 radical (unpaired) electrons. The largest absolute Gasteiger partial charge is 0.350 e. The molecule has 3 aromatic rings. The number of rotatable bonds is 3. The van der Waals surface area contributed by atoms with Gasteiger partial charge in [-0.15, -0.1) is 23.1 Å². The highest BCUT2D eigenvalue weighted by atomic mass is 32.2. The number of hydrogen-bond acceptors (Lipinski definition) is 6. The summed E-state index contributed by atoms with van der Waals surface area (Å²) in [7, 11) is 2.18. The van der Waals surface area contributed by atoms with Crippen molar-refractivity contribution in [2.45, 2.75) is 48.9 Å². The molecule has 0 spiro atoms. The number of piperidine rings is 1. The quantitative estimate of drug-likeness (QED) is 0.533. The molecule has 1 saturated heterocycles. The number of halogens is 2. The second-order valence-electron chi connectivity index (χ2n) is 8.38. The molecule has 2 aliphatic heterocycles. The lowest BCUT2D eigenvalue weighted by atomic mass is 9.81. The Labute approximate surface area is 183 Å². The molecule has 0 aliphatic carbocycles. The summed E-state index contributed by atoms with van der Waals surface area (Å²) < 4.78 is 30.4. The molecule has 1 N–H and O–H groups in total. The van der Waals surface area contributed by atoms with Gasteiger partial charge in [-0.3, -0.25) is 0 Å². The molecule has 1 fully saturated rings. The van der Waals surface area contributed by atoms with Crippen LogP contribution >= 0.6 is 23.1 Å². The molecule has 4 heterocycles. The first-order chi connectivity index (χ1) is 14.4. The second kappa shape index (κ2) is 7.73. The van der Waals surface area contributed by atoms with Crippen molar-refractivity contribution in [2.24, 2.45) is 5.92 Å². The Hall–Kier alpha value is -1.77. The van der Waals surface area contributed by atoms with Crippen LogP contribution in [0.15, 0.2) is 28.9 Å². The number of nitrogens with zero attached hydrogens (tertiary/aromatic N) is 3. The van der Waals surface area contributed by atoms with E-state index in [0.29, 0.717) is 28.4 Å². The zero-order chi connectivity index (χ0) is 21.0. The predicted octanol–water partition coefficient (Wildman–Crippen LogP) is 6.02. The predicted molar refractivity (Wildman–Crippen MR) is 120 cm³/mol. The normalized spacial score (nSPS) is 26.8. The van der Waals surface area contributed by atoms with Gasteiger partial charge in [0, 0.05) is 16.9 Å². The van der Waals surface area contributed by atoms with Crippen molar-refractivity contribution < 1.29 is 8.78 Å². The Morgan fingerprint density at radius 2 is 2.00 bits per heavy atom. The van der Waals surface area contributed by atoms with Crippen LogP contribution in [0.2, 0.25) is 0 Å². The molecule has 5 rings (SSSR count). The van der Waals surface area contributed by atoms with Crippen LogP contribution in [-0.2, 0) is 0 Å². The fraction of sp³-hybridized carbons (Fsp3) is 0.455. The number of likely N-dealkylation sites (tertiary alicyclic amines) is 1. The molecule has 2 aromatic heterocycles. The van der Waals surface area contributed by atoms with Gasteiger partial charge < -0.3 is 10.2 Å². The number of benzene rings is 1. The summed E-state index contributed by atoms with van der Waals surface area (Å²) in [6.45, 7) is 5.55. The third-order valence-electron chi connectivity index (χ3n) is 6.69. The highest BCUT2D eigenvalue weighted by Gasteiger charge is 2.42. The van der Waals surface area contributed by atoms with Crippen molar-refractivity contribution in [2.75, 3.05) is 18.9 Å². The number of pyridine rings is 1. The second-order valence-corrected chi connectivity index (χ2v) is 10.4. The Kier molecular flexibility index (Phi) is 5.19. The van der Waals surface area contributed by atoms with Crippen LogP contribution in [0, 0.1) is 17.6 Å². The van der Waals surface area contributed by atoms with E-state index in [0.717, 1.165) is 21.8 Å². The lowest BCUT2D eigenvalue weighted by Crippen LogP contribution is -2.45. The lowest BCUT2D eigenvalue weighted by molar-refractivity contribution is 0.129. The molecule has 4 nitrogen and oxygen atoms in total. The van der Waals surface area contributed by atoms with Gasteiger partial charge in [-0.05, 0) is 57.3 Å². The molecular weight excluding hydrogens is 422 g/mol. The average Bonchev–Trinajstić information content (AvgIpc) is 3.30. The van der Waals surface area contributed by atoms with Crippen molar-refractivity contribution >= 4 is 44.7 Å². The standard InChI is InChI=1S/C22H24F2N4S2/c1-11-19-20(27-16-8-17-18(7-14(16)23)29-10-26-17)15(24)9-25-22(19)30-21(11)13-5-4-6-28(3)12(13)2/h7-13,21H,4-6H2,1-3H3,(H,25,27)/t11?,12-,13+,21?/m0/s1. The third-order valence-corrected chi connectivity index (χ3v) is 9.06. The van der Waals surface area contributed by atoms with Crippen LogP contribution in [0.3, 0.4) is 0 Å². The minimum absolute atomic E-state index is 0.126. The zero-order valence-corrected chi connectivity index (χ0v) is 18.8. The van der Waals surface area contributed by atoms with Gasteiger partial charge in [0.1, 0.15) is 10.8 Å². The number of aromatic nitrogens is 2. The Bertz CT molecular complexity index is 1100. The minimum Gasteiger partial charge on any atom is -0.350 e. The van der Waals surface area contributed by atoms with Crippen molar-refractivity contribution in [3.63, 3.8) is 0 Å². The van der Waals surface area contributed by atoms with Gasteiger partial charge >= 0.3 is 0 Å². The van der Waals surface area contributed by atoms with Gasteiger partial charge in [-0.1, -0.05) is 6.92 Å². The summed E-state index contributed by atoms with van der Waals surface area (Å²) in [5, 5.41) is 4.23. The van der Waals surface area contributed by atoms with E-state index in [1.807, 2.05) is 0 Å². The van der Waals surface area contributed by atoms with Gasteiger partial charge in [0.2, 0.25) is 0 Å². The SMILES string of the molecule is CC1c2c(ncc(F)c2Nc2cc3ncsc3cc2F)SC1[C@@H]1CCCN(C)[C@H]1C. The van der Waals surface area contributed by atoms with Crippen molar-refractivity contribution in [1.82, 2.24) is 14.9 Å². The number of fused-ring (bicyclic) bond motifs is 2. The topological polar surface area (TPSA) is 41.1 Å². The zero-order valence-electron chi connectivity index (χ0n) is 17.2. The van der Waals surface area contributed by atoms with Gasteiger partial charge in [0.25, 0.3) is 0 Å². The van der Waals surface area contributed by atoms with Crippen LogP contribution < -0.4 is 5.32 Å². The number of anilines is 2. The van der Waals surface area contributed by atoms with Gasteiger partial charge in [-0.25, -0.2) is 18.7 Å². The monoisotopic (exact) mass is 446 g/mol. The van der Waals surface area contributed by atoms with E-state index in [1.54, 1.807) is 23.3 Å². The molecular formula is C22H24F2N4S2. The molecule has 0 bridgehead atoms. The highest BCUT2D eigenvalue weighted by Crippen LogP contribution is 2.53. The fourth-order valence-electron chi connectivity index (χ4n) is 4.88. The molecule has 4 atom stereocenters. The minimum atomic E-state index is -0.451.